The van der Waals surface area contributed by atoms with E-state index in [1.54, 1.807) is 19.9 Å². The minimum atomic E-state index is -0.372. The zero-order chi connectivity index (χ0) is 13.4. The third-order valence-electron chi connectivity index (χ3n) is 3.29. The smallest absolute Gasteiger partial charge is 0.237 e. The highest BCUT2D eigenvalue weighted by molar-refractivity contribution is 6.31. The Morgan fingerprint density at radius 3 is 2.28 bits per heavy atom. The molecule has 1 saturated heterocycles. The first kappa shape index (κ1) is 12.6. The highest BCUT2D eigenvalue weighted by Crippen LogP contribution is 2.33. The van der Waals surface area contributed by atoms with Gasteiger partial charge in [0, 0.05) is 16.9 Å². The molecule has 1 heterocycles. The Morgan fingerprint density at radius 2 is 1.78 bits per heavy atom. The van der Waals surface area contributed by atoms with Crippen molar-refractivity contribution in [3.8, 4) is 6.07 Å². The lowest BCUT2D eigenvalue weighted by atomic mass is 10.00. The van der Waals surface area contributed by atoms with Crippen molar-refractivity contribution in [2.45, 2.75) is 13.8 Å². The van der Waals surface area contributed by atoms with Crippen molar-refractivity contribution in [3.05, 3.63) is 28.8 Å². The number of nitriles is 1. The van der Waals surface area contributed by atoms with Crippen molar-refractivity contribution in [1.82, 2.24) is 0 Å². The molecule has 2 atom stereocenters. The summed E-state index contributed by atoms with van der Waals surface area (Å²) in [5.74, 6) is -1.32. The number of hydrogen-bond acceptors (Lipinski definition) is 3. The number of hydrogen-bond donors (Lipinski definition) is 0. The van der Waals surface area contributed by atoms with E-state index in [1.165, 1.54) is 12.1 Å². The zero-order valence-electron chi connectivity index (χ0n) is 9.98. The van der Waals surface area contributed by atoms with Crippen LogP contribution in [0.5, 0.6) is 0 Å². The molecule has 0 saturated carbocycles. The minimum Gasteiger partial charge on any atom is -0.274 e. The number of imide groups is 1. The maximum atomic E-state index is 12.1. The molecule has 4 nitrogen and oxygen atoms in total. The topological polar surface area (TPSA) is 61.2 Å². The van der Waals surface area contributed by atoms with Crippen LogP contribution in [0.1, 0.15) is 19.4 Å². The predicted molar refractivity (Wildman–Crippen MR) is 67.0 cm³/mol. The Balaban J connectivity index is 2.56. The van der Waals surface area contributed by atoms with E-state index in [4.69, 9.17) is 16.9 Å². The van der Waals surface area contributed by atoms with Crippen LogP contribution in [0.3, 0.4) is 0 Å². The number of anilines is 1. The molecule has 0 N–H and O–H groups in total. The van der Waals surface area contributed by atoms with E-state index >= 15 is 0 Å². The fraction of sp³-hybridized carbons (Fsp3) is 0.308. The van der Waals surface area contributed by atoms with Crippen molar-refractivity contribution < 1.29 is 9.59 Å². The second kappa shape index (κ2) is 4.43. The number of amides is 2. The van der Waals surface area contributed by atoms with Crippen LogP contribution in [0.15, 0.2) is 18.2 Å². The lowest BCUT2D eigenvalue weighted by Crippen LogP contribution is -2.31. The molecule has 2 rings (SSSR count). The molecule has 92 valence electrons. The third kappa shape index (κ3) is 1.77. The van der Waals surface area contributed by atoms with E-state index in [9.17, 15) is 9.59 Å². The van der Waals surface area contributed by atoms with E-state index in [0.717, 1.165) is 4.90 Å². The van der Waals surface area contributed by atoms with Gasteiger partial charge in [-0.25, -0.2) is 4.90 Å². The van der Waals surface area contributed by atoms with E-state index in [0.29, 0.717) is 5.02 Å². The fourth-order valence-electron chi connectivity index (χ4n) is 1.97. The molecule has 1 aromatic rings. The van der Waals surface area contributed by atoms with Crippen molar-refractivity contribution in [3.63, 3.8) is 0 Å². The van der Waals surface area contributed by atoms with Gasteiger partial charge in [0.25, 0.3) is 0 Å². The molecule has 5 heteroatoms. The van der Waals surface area contributed by atoms with Crippen LogP contribution < -0.4 is 4.90 Å². The maximum Gasteiger partial charge on any atom is 0.237 e. The van der Waals surface area contributed by atoms with Crippen molar-refractivity contribution >= 4 is 29.1 Å². The summed E-state index contributed by atoms with van der Waals surface area (Å²) in [7, 11) is 0. The summed E-state index contributed by atoms with van der Waals surface area (Å²) in [6, 6.07) is 6.50. The number of carbonyl (C=O) groups is 2. The Kier molecular flexibility index (Phi) is 3.10. The third-order valence-corrected chi connectivity index (χ3v) is 3.53. The van der Waals surface area contributed by atoms with Gasteiger partial charge in [-0.2, -0.15) is 5.26 Å². The van der Waals surface area contributed by atoms with Crippen molar-refractivity contribution in [1.29, 1.82) is 5.26 Å². The zero-order valence-corrected chi connectivity index (χ0v) is 10.7. The van der Waals surface area contributed by atoms with Crippen molar-refractivity contribution in [2.24, 2.45) is 11.8 Å². The lowest BCUT2D eigenvalue weighted by molar-refractivity contribution is -0.122. The molecule has 2 amide bonds. The molecule has 0 radical (unpaired) electrons. The number of rotatable bonds is 1. The molecule has 1 fully saturated rings. The molecule has 0 aromatic heterocycles. The Bertz CT molecular complexity index is 557. The van der Waals surface area contributed by atoms with Gasteiger partial charge in [-0.3, -0.25) is 9.59 Å². The molecule has 0 spiro atoms. The van der Waals surface area contributed by atoms with Gasteiger partial charge in [-0.15, -0.1) is 0 Å². The molecular weight excluding hydrogens is 252 g/mol. The molecule has 1 aliphatic heterocycles. The largest absolute Gasteiger partial charge is 0.274 e. The summed E-state index contributed by atoms with van der Waals surface area (Å²) in [5.41, 5.74) is 0.540. The Hall–Kier alpha value is -1.86. The van der Waals surface area contributed by atoms with Crippen LogP contribution in [0.2, 0.25) is 5.02 Å². The Labute approximate surface area is 110 Å². The van der Waals surface area contributed by atoms with Gasteiger partial charge < -0.3 is 0 Å². The average molecular weight is 263 g/mol. The summed E-state index contributed by atoms with van der Waals surface area (Å²) >= 11 is 5.86. The summed E-state index contributed by atoms with van der Waals surface area (Å²) < 4.78 is 0. The first-order chi connectivity index (χ1) is 8.47. The normalized spacial score (nSPS) is 23.3. The van der Waals surface area contributed by atoms with Gasteiger partial charge in [0.1, 0.15) is 6.07 Å². The highest BCUT2D eigenvalue weighted by Gasteiger charge is 2.43. The first-order valence-corrected chi connectivity index (χ1v) is 5.92. The number of carbonyl (C=O) groups excluding carboxylic acids is 2. The fourth-order valence-corrected chi connectivity index (χ4v) is 2.13. The number of nitrogens with zero attached hydrogens (tertiary/aromatic N) is 2. The molecule has 18 heavy (non-hydrogen) atoms. The molecule has 2 unspecified atom stereocenters. The van der Waals surface area contributed by atoms with E-state index in [1.807, 2.05) is 6.07 Å². The number of benzene rings is 1. The van der Waals surface area contributed by atoms with E-state index in [-0.39, 0.29) is 34.9 Å². The molecule has 1 aromatic carbocycles. The summed E-state index contributed by atoms with van der Waals surface area (Å²) in [6.07, 6.45) is 0. The summed E-state index contributed by atoms with van der Waals surface area (Å²) in [6.45, 7) is 3.42. The Morgan fingerprint density at radius 1 is 1.22 bits per heavy atom. The second-order valence-electron chi connectivity index (χ2n) is 4.36. The van der Waals surface area contributed by atoms with Gasteiger partial charge in [-0.05, 0) is 18.2 Å². The molecule has 1 aliphatic rings. The monoisotopic (exact) mass is 262 g/mol. The summed E-state index contributed by atoms with van der Waals surface area (Å²) in [5, 5.41) is 9.42. The highest BCUT2D eigenvalue weighted by atomic mass is 35.5. The van der Waals surface area contributed by atoms with E-state index in [2.05, 4.69) is 0 Å². The lowest BCUT2D eigenvalue weighted by Gasteiger charge is -2.16. The molecule has 0 bridgehead atoms. The van der Waals surface area contributed by atoms with Crippen LogP contribution in [-0.2, 0) is 9.59 Å². The van der Waals surface area contributed by atoms with Gasteiger partial charge >= 0.3 is 0 Å². The van der Waals surface area contributed by atoms with Crippen LogP contribution in [0, 0.1) is 23.2 Å². The maximum absolute atomic E-state index is 12.1. The van der Waals surface area contributed by atoms with Crippen molar-refractivity contribution in [2.75, 3.05) is 4.90 Å². The van der Waals surface area contributed by atoms with E-state index < -0.39 is 0 Å². The molecule has 0 aliphatic carbocycles. The van der Waals surface area contributed by atoms with Gasteiger partial charge in [0.15, 0.2) is 0 Å². The van der Waals surface area contributed by atoms with Crippen LogP contribution in [0.4, 0.5) is 5.69 Å². The van der Waals surface area contributed by atoms with Gasteiger partial charge in [0.2, 0.25) is 11.8 Å². The quantitative estimate of drug-likeness (QED) is 0.730. The predicted octanol–water partition coefficient (Wildman–Crippen LogP) is 2.36. The van der Waals surface area contributed by atoms with Crippen LogP contribution in [-0.4, -0.2) is 11.8 Å². The number of halogens is 1. The van der Waals surface area contributed by atoms with Gasteiger partial charge in [0.05, 0.1) is 11.3 Å². The SMILES string of the molecule is CC1C(=O)N(c2cc(Cl)ccc2C#N)C(=O)C1C. The van der Waals surface area contributed by atoms with Gasteiger partial charge in [-0.1, -0.05) is 25.4 Å². The minimum absolute atomic E-state index is 0.266. The van der Waals surface area contributed by atoms with Crippen LogP contribution in [0.25, 0.3) is 0 Å². The molecular formula is C13H11ClN2O2. The van der Waals surface area contributed by atoms with Crippen LogP contribution >= 0.6 is 11.6 Å². The second-order valence-corrected chi connectivity index (χ2v) is 4.80. The summed E-state index contributed by atoms with van der Waals surface area (Å²) in [4.78, 5) is 25.2. The first-order valence-electron chi connectivity index (χ1n) is 5.55. The average Bonchev–Trinajstić information content (AvgIpc) is 2.54. The standard InChI is InChI=1S/C13H11ClN2O2/c1-7-8(2)13(18)16(12(7)17)11-5-10(14)4-3-9(11)6-15/h3-5,7-8H,1-2H3.